The molecule has 0 radical (unpaired) electrons. The van der Waals surface area contributed by atoms with Gasteiger partial charge in [0.15, 0.2) is 0 Å². The van der Waals surface area contributed by atoms with Gasteiger partial charge in [-0.3, -0.25) is 0 Å². The summed E-state index contributed by atoms with van der Waals surface area (Å²) < 4.78 is 26.8. The van der Waals surface area contributed by atoms with Crippen molar-refractivity contribution in [3.05, 3.63) is 42.2 Å². The molecule has 0 unspecified atom stereocenters. The topological polar surface area (TPSA) is 111 Å². The fourth-order valence-electron chi connectivity index (χ4n) is 1.42. The largest absolute Gasteiger partial charge is 0.320 e. The summed E-state index contributed by atoms with van der Waals surface area (Å²) in [5, 5.41) is 7.12. The van der Waals surface area contributed by atoms with Crippen LogP contribution in [0.2, 0.25) is 0 Å². The van der Waals surface area contributed by atoms with Crippen molar-refractivity contribution in [3.8, 4) is 11.8 Å². The maximum Gasteiger partial charge on any atom is 0.265 e. The number of anilines is 1. The van der Waals surface area contributed by atoms with Crippen molar-refractivity contribution in [1.29, 1.82) is 0 Å². The van der Waals surface area contributed by atoms with Crippen LogP contribution in [0.15, 0.2) is 41.6 Å². The molecular weight excluding hydrogens is 278 g/mol. The molecule has 0 bridgehead atoms. The second-order valence-electron chi connectivity index (χ2n) is 3.57. The molecule has 20 heavy (non-hydrogen) atoms. The van der Waals surface area contributed by atoms with Crippen LogP contribution in [0.1, 0.15) is 5.56 Å². The van der Waals surface area contributed by atoms with Crippen molar-refractivity contribution >= 4 is 16.0 Å². The van der Waals surface area contributed by atoms with Gasteiger partial charge in [-0.2, -0.15) is 5.10 Å². The van der Waals surface area contributed by atoms with Crippen LogP contribution in [0.3, 0.4) is 0 Å². The summed E-state index contributed by atoms with van der Waals surface area (Å²) in [6, 6.07) is 6.34. The van der Waals surface area contributed by atoms with E-state index in [1.807, 2.05) is 0 Å². The summed E-state index contributed by atoms with van der Waals surface area (Å²) in [5.41, 5.74) is 5.65. The average molecular weight is 289 g/mol. The van der Waals surface area contributed by atoms with E-state index in [0.717, 1.165) is 0 Å². The van der Waals surface area contributed by atoms with Crippen LogP contribution in [0, 0.1) is 11.8 Å². The molecule has 0 fully saturated rings. The van der Waals surface area contributed by atoms with E-state index >= 15 is 0 Å². The van der Waals surface area contributed by atoms with Crippen LogP contribution in [-0.4, -0.2) is 30.1 Å². The Morgan fingerprint density at radius 1 is 1.25 bits per heavy atom. The molecule has 1 aromatic carbocycles. The Hall–Kier alpha value is -2.50. The Morgan fingerprint density at radius 3 is 2.75 bits per heavy atom. The average Bonchev–Trinajstić information content (AvgIpc) is 2.46. The van der Waals surface area contributed by atoms with Gasteiger partial charge in [-0.25, -0.2) is 18.1 Å². The first-order chi connectivity index (χ1) is 9.63. The highest BCUT2D eigenvalue weighted by Gasteiger charge is 2.18. The van der Waals surface area contributed by atoms with Gasteiger partial charge in [-0.05, 0) is 12.1 Å². The first kappa shape index (κ1) is 13.9. The van der Waals surface area contributed by atoms with Gasteiger partial charge in [-0.1, -0.05) is 24.0 Å². The number of benzene rings is 1. The fraction of sp³-hybridized carbons (Fsp3) is 0.0833. The van der Waals surface area contributed by atoms with Gasteiger partial charge >= 0.3 is 0 Å². The second-order valence-corrected chi connectivity index (χ2v) is 5.22. The molecule has 0 aliphatic rings. The molecule has 3 N–H and O–H groups in total. The monoisotopic (exact) mass is 289 g/mol. The molecule has 7 nitrogen and oxygen atoms in total. The normalized spacial score (nSPS) is 10.4. The van der Waals surface area contributed by atoms with Crippen molar-refractivity contribution in [2.45, 2.75) is 4.90 Å². The van der Waals surface area contributed by atoms with Crippen molar-refractivity contribution < 1.29 is 8.42 Å². The van der Waals surface area contributed by atoms with Gasteiger partial charge in [0.1, 0.15) is 4.90 Å². The van der Waals surface area contributed by atoms with Crippen LogP contribution < -0.4 is 10.5 Å². The molecule has 8 heteroatoms. The molecule has 0 amide bonds. The summed E-state index contributed by atoms with van der Waals surface area (Å²) in [6.07, 6.45) is 2.68. The zero-order valence-electron chi connectivity index (χ0n) is 10.3. The van der Waals surface area contributed by atoms with Gasteiger partial charge < -0.3 is 5.73 Å². The standard InChI is InChI=1S/C12H11N5O2S/c13-7-3-5-10-4-1-2-6-11(10)20(18,19)17-12-14-8-9-15-16-12/h1-2,4,6,8-9H,7,13H2,(H,14,16,17). The van der Waals surface area contributed by atoms with E-state index in [9.17, 15) is 8.42 Å². The van der Waals surface area contributed by atoms with Crippen LogP contribution in [0.25, 0.3) is 0 Å². The molecule has 0 aliphatic heterocycles. The van der Waals surface area contributed by atoms with Crippen LogP contribution in [-0.2, 0) is 10.0 Å². The third kappa shape index (κ3) is 3.28. The van der Waals surface area contributed by atoms with E-state index < -0.39 is 10.0 Å². The van der Waals surface area contributed by atoms with E-state index in [1.165, 1.54) is 18.5 Å². The predicted octanol–water partition coefficient (Wildman–Crippen LogP) is -0.0174. The lowest BCUT2D eigenvalue weighted by Crippen LogP contribution is -2.16. The van der Waals surface area contributed by atoms with Crippen molar-refractivity contribution in [1.82, 2.24) is 15.2 Å². The van der Waals surface area contributed by atoms with Crippen LogP contribution in [0.5, 0.6) is 0 Å². The van der Waals surface area contributed by atoms with Gasteiger partial charge in [-0.15, -0.1) is 5.10 Å². The lowest BCUT2D eigenvalue weighted by atomic mass is 10.2. The lowest BCUT2D eigenvalue weighted by molar-refractivity contribution is 0.600. The number of sulfonamides is 1. The lowest BCUT2D eigenvalue weighted by Gasteiger charge is -2.07. The van der Waals surface area contributed by atoms with Crippen LogP contribution >= 0.6 is 0 Å². The minimum absolute atomic E-state index is 0.0356. The van der Waals surface area contributed by atoms with Gasteiger partial charge in [0.05, 0.1) is 18.9 Å². The Bertz CT molecular complexity index is 750. The predicted molar refractivity (Wildman–Crippen MR) is 73.0 cm³/mol. The first-order valence-electron chi connectivity index (χ1n) is 5.58. The number of hydrogen-bond donors (Lipinski definition) is 2. The van der Waals surface area contributed by atoms with Crippen LogP contribution in [0.4, 0.5) is 5.95 Å². The number of hydrogen-bond acceptors (Lipinski definition) is 6. The summed E-state index contributed by atoms with van der Waals surface area (Å²) >= 11 is 0. The molecule has 2 rings (SSSR count). The zero-order valence-corrected chi connectivity index (χ0v) is 11.1. The smallest absolute Gasteiger partial charge is 0.265 e. The molecular formula is C12H11N5O2S. The highest BCUT2D eigenvalue weighted by Crippen LogP contribution is 2.16. The number of nitrogens with one attached hydrogen (secondary N) is 1. The number of nitrogens with two attached hydrogens (primary N) is 1. The van der Waals surface area contributed by atoms with Gasteiger partial charge in [0.25, 0.3) is 16.0 Å². The molecule has 1 heterocycles. The zero-order chi connectivity index (χ0) is 14.4. The molecule has 0 atom stereocenters. The highest BCUT2D eigenvalue weighted by atomic mass is 32.2. The summed E-state index contributed by atoms with van der Waals surface area (Å²) in [7, 11) is -3.83. The quantitative estimate of drug-likeness (QED) is 0.768. The Morgan fingerprint density at radius 2 is 2.05 bits per heavy atom. The number of aromatic nitrogens is 3. The summed E-state index contributed by atoms with van der Waals surface area (Å²) in [5.74, 6) is 5.23. The fourth-order valence-corrected chi connectivity index (χ4v) is 2.53. The molecule has 1 aromatic heterocycles. The van der Waals surface area contributed by atoms with E-state index in [1.54, 1.807) is 18.2 Å². The van der Waals surface area contributed by atoms with Gasteiger partial charge in [0.2, 0.25) is 0 Å². The third-order valence-corrected chi connectivity index (χ3v) is 3.60. The van der Waals surface area contributed by atoms with Crippen molar-refractivity contribution in [2.24, 2.45) is 5.73 Å². The maximum absolute atomic E-state index is 12.3. The second kappa shape index (κ2) is 6.10. The minimum Gasteiger partial charge on any atom is -0.320 e. The number of rotatable bonds is 3. The highest BCUT2D eigenvalue weighted by molar-refractivity contribution is 7.92. The SMILES string of the molecule is NCC#Cc1ccccc1S(=O)(=O)Nc1nccnn1. The number of nitrogens with zero attached hydrogens (tertiary/aromatic N) is 3. The Labute approximate surface area is 116 Å². The summed E-state index contributed by atoms with van der Waals surface area (Å²) in [4.78, 5) is 3.80. The molecule has 102 valence electrons. The van der Waals surface area contributed by atoms with E-state index in [4.69, 9.17) is 5.73 Å². The van der Waals surface area contributed by atoms with E-state index in [2.05, 4.69) is 31.7 Å². The Kier molecular flexibility index (Phi) is 4.24. The minimum atomic E-state index is -3.83. The summed E-state index contributed by atoms with van der Waals surface area (Å²) in [6.45, 7) is 0.146. The molecule has 0 spiro atoms. The molecule has 0 saturated carbocycles. The third-order valence-electron chi connectivity index (χ3n) is 2.21. The first-order valence-corrected chi connectivity index (χ1v) is 7.06. The Balaban J connectivity index is 2.40. The maximum atomic E-state index is 12.3. The van der Waals surface area contributed by atoms with Crippen molar-refractivity contribution in [2.75, 3.05) is 11.3 Å². The van der Waals surface area contributed by atoms with Gasteiger partial charge in [0, 0.05) is 5.56 Å². The van der Waals surface area contributed by atoms with E-state index in [-0.39, 0.29) is 17.4 Å². The molecule has 0 saturated heterocycles. The molecule has 0 aliphatic carbocycles. The van der Waals surface area contributed by atoms with Crippen molar-refractivity contribution in [3.63, 3.8) is 0 Å². The molecule has 2 aromatic rings. The van der Waals surface area contributed by atoms with E-state index in [0.29, 0.717) is 5.56 Å².